The van der Waals surface area contributed by atoms with Crippen LogP contribution in [-0.2, 0) is 11.3 Å². The van der Waals surface area contributed by atoms with Crippen LogP contribution in [0.4, 0.5) is 0 Å². The number of methoxy groups -OCH3 is 1. The maximum Gasteiger partial charge on any atom is 0.191 e. The van der Waals surface area contributed by atoms with Crippen molar-refractivity contribution in [3.63, 3.8) is 0 Å². The van der Waals surface area contributed by atoms with Crippen LogP contribution in [0.2, 0.25) is 0 Å². The van der Waals surface area contributed by atoms with E-state index in [2.05, 4.69) is 48.4 Å². The highest BCUT2D eigenvalue weighted by Crippen LogP contribution is 2.20. The molecule has 0 aromatic heterocycles. The first-order valence-electron chi connectivity index (χ1n) is 9.11. The summed E-state index contributed by atoms with van der Waals surface area (Å²) in [5.74, 6) is 1.73. The van der Waals surface area contributed by atoms with Crippen molar-refractivity contribution in [3.05, 3.63) is 29.3 Å². The quantitative estimate of drug-likeness (QED) is 0.581. The minimum Gasteiger partial charge on any atom is -0.496 e. The summed E-state index contributed by atoms with van der Waals surface area (Å²) in [6, 6.07) is 6.67. The van der Waals surface area contributed by atoms with E-state index in [1.54, 1.807) is 7.11 Å². The van der Waals surface area contributed by atoms with Crippen molar-refractivity contribution in [2.75, 3.05) is 46.5 Å². The Bertz CT molecular complexity index is 556. The molecule has 6 nitrogen and oxygen atoms in total. The molecule has 1 fully saturated rings. The fourth-order valence-corrected chi connectivity index (χ4v) is 2.88. The lowest BCUT2D eigenvalue weighted by atomic mass is 10.1. The summed E-state index contributed by atoms with van der Waals surface area (Å²) in [7, 11) is 1.70. The number of benzene rings is 1. The Hall–Kier alpha value is -1.79. The number of morpholine rings is 1. The number of rotatable bonds is 7. The van der Waals surface area contributed by atoms with Crippen LogP contribution in [0, 0.1) is 6.92 Å². The smallest absolute Gasteiger partial charge is 0.191 e. The lowest BCUT2D eigenvalue weighted by Gasteiger charge is -2.32. The Morgan fingerprint density at radius 1 is 1.32 bits per heavy atom. The second-order valence-corrected chi connectivity index (χ2v) is 6.39. The molecular weight excluding hydrogens is 316 g/mol. The van der Waals surface area contributed by atoms with Gasteiger partial charge in [0, 0.05) is 37.8 Å². The largest absolute Gasteiger partial charge is 0.496 e. The maximum atomic E-state index is 5.47. The SMILES string of the molecule is CCNC(=NCc1ccc(C)cc1OC)NCC(C)N1CCOCC1. The zero-order valence-corrected chi connectivity index (χ0v) is 16.0. The standard InChI is InChI=1S/C19H32N4O2/c1-5-20-19(21-13-16(3)23-8-10-25-11-9-23)22-14-17-7-6-15(2)12-18(17)24-4/h6-7,12,16H,5,8-11,13-14H2,1-4H3,(H2,20,21,22). The highest BCUT2D eigenvalue weighted by Gasteiger charge is 2.17. The van der Waals surface area contributed by atoms with E-state index in [9.17, 15) is 0 Å². The summed E-state index contributed by atoms with van der Waals surface area (Å²) in [4.78, 5) is 7.16. The molecule has 2 rings (SSSR count). The monoisotopic (exact) mass is 348 g/mol. The fourth-order valence-electron chi connectivity index (χ4n) is 2.88. The minimum absolute atomic E-state index is 0.446. The molecule has 1 atom stereocenters. The first kappa shape index (κ1) is 19.5. The third kappa shape index (κ3) is 6.21. The third-order valence-electron chi connectivity index (χ3n) is 4.43. The van der Waals surface area contributed by atoms with Crippen LogP contribution in [0.3, 0.4) is 0 Å². The molecule has 1 aliphatic rings. The first-order valence-corrected chi connectivity index (χ1v) is 9.11. The molecule has 0 amide bonds. The highest BCUT2D eigenvalue weighted by atomic mass is 16.5. The number of nitrogens with zero attached hydrogens (tertiary/aromatic N) is 2. The van der Waals surface area contributed by atoms with Gasteiger partial charge in [0.15, 0.2) is 5.96 Å². The number of ether oxygens (including phenoxy) is 2. The molecule has 0 aliphatic carbocycles. The van der Waals surface area contributed by atoms with E-state index in [-0.39, 0.29) is 0 Å². The van der Waals surface area contributed by atoms with E-state index < -0.39 is 0 Å². The minimum atomic E-state index is 0.446. The van der Waals surface area contributed by atoms with Gasteiger partial charge in [-0.3, -0.25) is 4.90 Å². The van der Waals surface area contributed by atoms with Crippen LogP contribution in [-0.4, -0.2) is 63.4 Å². The van der Waals surface area contributed by atoms with E-state index >= 15 is 0 Å². The summed E-state index contributed by atoms with van der Waals surface area (Å²) >= 11 is 0. The van der Waals surface area contributed by atoms with Crippen molar-refractivity contribution in [2.45, 2.75) is 33.4 Å². The van der Waals surface area contributed by atoms with Gasteiger partial charge in [-0.25, -0.2) is 4.99 Å². The predicted molar refractivity (Wildman–Crippen MR) is 102 cm³/mol. The van der Waals surface area contributed by atoms with Gasteiger partial charge in [0.1, 0.15) is 5.75 Å². The van der Waals surface area contributed by atoms with E-state index in [1.165, 1.54) is 5.56 Å². The average molecular weight is 348 g/mol. The number of hydrogen-bond donors (Lipinski definition) is 2. The molecule has 6 heteroatoms. The van der Waals surface area contributed by atoms with Crippen molar-refractivity contribution in [1.82, 2.24) is 15.5 Å². The van der Waals surface area contributed by atoms with Gasteiger partial charge in [0.2, 0.25) is 0 Å². The van der Waals surface area contributed by atoms with Crippen LogP contribution in [0.5, 0.6) is 5.75 Å². The Labute approximate surface area is 151 Å². The van der Waals surface area contributed by atoms with Crippen LogP contribution in [0.15, 0.2) is 23.2 Å². The topological polar surface area (TPSA) is 58.1 Å². The lowest BCUT2D eigenvalue weighted by molar-refractivity contribution is 0.0211. The van der Waals surface area contributed by atoms with Crippen molar-refractivity contribution >= 4 is 5.96 Å². The van der Waals surface area contributed by atoms with Gasteiger partial charge in [0.25, 0.3) is 0 Å². The number of guanidine groups is 1. The van der Waals surface area contributed by atoms with Crippen molar-refractivity contribution in [2.24, 2.45) is 4.99 Å². The van der Waals surface area contributed by atoms with Gasteiger partial charge in [-0.05, 0) is 32.4 Å². The third-order valence-corrected chi connectivity index (χ3v) is 4.43. The molecule has 1 aromatic rings. The molecule has 0 bridgehead atoms. The van der Waals surface area contributed by atoms with Crippen molar-refractivity contribution in [1.29, 1.82) is 0 Å². The Balaban J connectivity index is 1.93. The van der Waals surface area contributed by atoms with Gasteiger partial charge in [-0.15, -0.1) is 0 Å². The Kier molecular flexibility index (Phi) is 8.01. The van der Waals surface area contributed by atoms with Crippen molar-refractivity contribution in [3.8, 4) is 5.75 Å². The van der Waals surface area contributed by atoms with E-state index in [0.29, 0.717) is 12.6 Å². The van der Waals surface area contributed by atoms with E-state index in [1.807, 2.05) is 6.07 Å². The van der Waals surface area contributed by atoms with Gasteiger partial charge in [-0.1, -0.05) is 12.1 Å². The second kappa shape index (κ2) is 10.3. The van der Waals surface area contributed by atoms with Crippen LogP contribution >= 0.6 is 0 Å². The Morgan fingerprint density at radius 3 is 2.76 bits per heavy atom. The molecule has 0 spiro atoms. The van der Waals surface area contributed by atoms with Crippen LogP contribution in [0.1, 0.15) is 25.0 Å². The lowest BCUT2D eigenvalue weighted by Crippen LogP contribution is -2.49. The number of aryl methyl sites for hydroxylation is 1. The molecule has 140 valence electrons. The summed E-state index contributed by atoms with van der Waals surface area (Å²) in [6.45, 7) is 12.3. The molecule has 2 N–H and O–H groups in total. The zero-order chi connectivity index (χ0) is 18.1. The molecule has 1 heterocycles. The van der Waals surface area contributed by atoms with E-state index in [0.717, 1.165) is 56.7 Å². The average Bonchev–Trinajstić information content (AvgIpc) is 2.65. The zero-order valence-electron chi connectivity index (χ0n) is 16.0. The molecular formula is C19H32N4O2. The van der Waals surface area contributed by atoms with Gasteiger partial charge >= 0.3 is 0 Å². The molecule has 1 unspecified atom stereocenters. The highest BCUT2D eigenvalue weighted by molar-refractivity contribution is 5.79. The molecule has 25 heavy (non-hydrogen) atoms. The Morgan fingerprint density at radius 2 is 2.08 bits per heavy atom. The number of aliphatic imine (C=N–C) groups is 1. The molecule has 1 saturated heterocycles. The van der Waals surface area contributed by atoms with Gasteiger partial charge in [0.05, 0.1) is 26.9 Å². The second-order valence-electron chi connectivity index (χ2n) is 6.39. The van der Waals surface area contributed by atoms with Gasteiger partial charge < -0.3 is 20.1 Å². The summed E-state index contributed by atoms with van der Waals surface area (Å²) in [5, 5.41) is 6.77. The van der Waals surface area contributed by atoms with E-state index in [4.69, 9.17) is 14.5 Å². The summed E-state index contributed by atoms with van der Waals surface area (Å²) < 4.78 is 10.9. The molecule has 0 radical (unpaired) electrons. The number of hydrogen-bond acceptors (Lipinski definition) is 4. The molecule has 1 aromatic carbocycles. The predicted octanol–water partition coefficient (Wildman–Crippen LogP) is 1.78. The first-order chi connectivity index (χ1) is 12.1. The molecule has 1 aliphatic heterocycles. The van der Waals surface area contributed by atoms with Crippen LogP contribution < -0.4 is 15.4 Å². The normalized spacial score (nSPS) is 17.2. The van der Waals surface area contributed by atoms with Crippen molar-refractivity contribution < 1.29 is 9.47 Å². The maximum absolute atomic E-state index is 5.47. The van der Waals surface area contributed by atoms with Gasteiger partial charge in [-0.2, -0.15) is 0 Å². The number of nitrogens with one attached hydrogen (secondary N) is 2. The van der Waals surface area contributed by atoms with Crippen LogP contribution in [0.25, 0.3) is 0 Å². The fraction of sp³-hybridized carbons (Fsp3) is 0.632. The summed E-state index contributed by atoms with van der Waals surface area (Å²) in [5.41, 5.74) is 2.28. The summed E-state index contributed by atoms with van der Waals surface area (Å²) in [6.07, 6.45) is 0. The molecule has 0 saturated carbocycles.